The Morgan fingerprint density at radius 1 is 1.38 bits per heavy atom. The van der Waals surface area contributed by atoms with E-state index in [4.69, 9.17) is 5.84 Å². The molecule has 1 aromatic heterocycles. The summed E-state index contributed by atoms with van der Waals surface area (Å²) in [5.41, 5.74) is 2.17. The van der Waals surface area contributed by atoms with Crippen molar-refractivity contribution in [3.63, 3.8) is 0 Å². The summed E-state index contributed by atoms with van der Waals surface area (Å²) in [5.74, 6) is 5.33. The van der Waals surface area contributed by atoms with Gasteiger partial charge in [0.2, 0.25) is 11.8 Å². The molecule has 1 aliphatic rings. The zero-order chi connectivity index (χ0) is 15.2. The molecule has 0 aliphatic carbocycles. The first-order chi connectivity index (χ1) is 10.1. The number of nitrogens with one attached hydrogen (secondary N) is 1. The normalized spacial score (nSPS) is 16.0. The number of rotatable bonds is 5. The third-order valence-electron chi connectivity index (χ3n) is 3.24. The number of hydrazine groups is 1. The van der Waals surface area contributed by atoms with Crippen LogP contribution in [0.2, 0.25) is 0 Å². The Hall–Kier alpha value is -0.840. The van der Waals surface area contributed by atoms with Crippen LogP contribution in [0.1, 0.15) is 12.8 Å². The van der Waals surface area contributed by atoms with E-state index in [1.54, 1.807) is 16.7 Å². The van der Waals surface area contributed by atoms with E-state index in [1.807, 2.05) is 6.26 Å². The van der Waals surface area contributed by atoms with Crippen molar-refractivity contribution in [3.8, 4) is 0 Å². The van der Waals surface area contributed by atoms with E-state index in [2.05, 4.69) is 15.6 Å². The van der Waals surface area contributed by atoms with Crippen molar-refractivity contribution in [2.45, 2.75) is 21.5 Å². The van der Waals surface area contributed by atoms with E-state index in [0.29, 0.717) is 31.7 Å². The Morgan fingerprint density at radius 3 is 2.62 bits per heavy atom. The number of likely N-dealkylation sites (tertiary alicyclic amines) is 1. The second-order valence-electron chi connectivity index (χ2n) is 4.49. The Balaban J connectivity index is 1.76. The van der Waals surface area contributed by atoms with Crippen LogP contribution in [0.15, 0.2) is 8.68 Å². The van der Waals surface area contributed by atoms with Gasteiger partial charge in [-0.1, -0.05) is 34.9 Å². The molecule has 116 valence electrons. The molecule has 0 spiro atoms. The standard InChI is InChI=1S/C11H17N5O2S3/c1-19-10-14-15-11(21-10)20-6-8(17)16-4-2-7(3-5-16)9(18)13-12/h7H,2-6,12H2,1H3,(H,13,18). The topological polar surface area (TPSA) is 101 Å². The molecule has 0 unspecified atom stereocenters. The third-order valence-corrected chi connectivity index (χ3v) is 6.26. The number of amides is 2. The van der Waals surface area contributed by atoms with Gasteiger partial charge >= 0.3 is 0 Å². The minimum absolute atomic E-state index is 0.0764. The number of nitrogens with zero attached hydrogens (tertiary/aromatic N) is 3. The maximum atomic E-state index is 12.1. The fourth-order valence-corrected chi connectivity index (χ4v) is 4.40. The van der Waals surface area contributed by atoms with Crippen LogP contribution in [0.5, 0.6) is 0 Å². The van der Waals surface area contributed by atoms with Crippen molar-refractivity contribution >= 4 is 46.7 Å². The lowest BCUT2D eigenvalue weighted by Crippen LogP contribution is -2.45. The van der Waals surface area contributed by atoms with Crippen LogP contribution in [-0.4, -0.2) is 52.0 Å². The van der Waals surface area contributed by atoms with Crippen LogP contribution >= 0.6 is 34.9 Å². The summed E-state index contributed by atoms with van der Waals surface area (Å²) in [7, 11) is 0. The Kier molecular flexibility index (Phi) is 6.27. The molecule has 3 N–H and O–H groups in total. The molecule has 1 aliphatic heterocycles. The van der Waals surface area contributed by atoms with Crippen molar-refractivity contribution in [1.82, 2.24) is 20.5 Å². The second-order valence-corrected chi connectivity index (χ2v) is 7.74. The van der Waals surface area contributed by atoms with Gasteiger partial charge in [0.1, 0.15) is 0 Å². The highest BCUT2D eigenvalue weighted by atomic mass is 32.2. The van der Waals surface area contributed by atoms with Crippen LogP contribution in [0, 0.1) is 5.92 Å². The predicted molar refractivity (Wildman–Crippen MR) is 84.0 cm³/mol. The number of aromatic nitrogens is 2. The molecule has 10 heteroatoms. The van der Waals surface area contributed by atoms with E-state index in [0.717, 1.165) is 8.68 Å². The van der Waals surface area contributed by atoms with E-state index >= 15 is 0 Å². The summed E-state index contributed by atoms with van der Waals surface area (Å²) in [6.45, 7) is 1.20. The maximum Gasteiger partial charge on any atom is 0.237 e. The van der Waals surface area contributed by atoms with Gasteiger partial charge in [0, 0.05) is 19.0 Å². The van der Waals surface area contributed by atoms with Crippen molar-refractivity contribution in [2.75, 3.05) is 25.1 Å². The van der Waals surface area contributed by atoms with Gasteiger partial charge in [0.15, 0.2) is 8.68 Å². The van der Waals surface area contributed by atoms with Crippen molar-refractivity contribution < 1.29 is 9.59 Å². The first-order valence-corrected chi connectivity index (χ1v) is 9.45. The van der Waals surface area contributed by atoms with Crippen LogP contribution in [0.3, 0.4) is 0 Å². The highest BCUT2D eigenvalue weighted by Gasteiger charge is 2.26. The third kappa shape index (κ3) is 4.56. The quantitative estimate of drug-likeness (QED) is 0.348. The molecule has 1 aromatic rings. The fraction of sp³-hybridized carbons (Fsp3) is 0.636. The molecule has 1 fully saturated rings. The minimum Gasteiger partial charge on any atom is -0.342 e. The molecule has 1 saturated heterocycles. The summed E-state index contributed by atoms with van der Waals surface area (Å²) in [5, 5.41) is 8.02. The van der Waals surface area contributed by atoms with Crippen LogP contribution < -0.4 is 11.3 Å². The maximum absolute atomic E-state index is 12.1. The Labute approximate surface area is 135 Å². The fourth-order valence-electron chi connectivity index (χ4n) is 2.06. The van der Waals surface area contributed by atoms with Crippen molar-refractivity contribution in [3.05, 3.63) is 0 Å². The molecule has 0 radical (unpaired) electrons. The SMILES string of the molecule is CSc1nnc(SCC(=O)N2CCC(C(=O)NN)CC2)s1. The van der Waals surface area contributed by atoms with Gasteiger partial charge in [-0.25, -0.2) is 5.84 Å². The van der Waals surface area contributed by atoms with Crippen LogP contribution in [0.25, 0.3) is 0 Å². The minimum atomic E-state index is -0.144. The molecule has 2 heterocycles. The number of piperidine rings is 1. The Morgan fingerprint density at radius 2 is 2.05 bits per heavy atom. The highest BCUT2D eigenvalue weighted by Crippen LogP contribution is 2.27. The molecule has 0 bridgehead atoms. The number of thioether (sulfide) groups is 2. The number of hydrogen-bond donors (Lipinski definition) is 2. The average molecular weight is 347 g/mol. The molecule has 2 amide bonds. The Bertz CT molecular complexity index is 502. The molecular formula is C11H17N5O2S3. The zero-order valence-electron chi connectivity index (χ0n) is 11.6. The van der Waals surface area contributed by atoms with E-state index in [1.165, 1.54) is 23.1 Å². The van der Waals surface area contributed by atoms with Crippen molar-refractivity contribution in [2.24, 2.45) is 11.8 Å². The van der Waals surface area contributed by atoms with E-state index in [-0.39, 0.29) is 17.7 Å². The summed E-state index contributed by atoms with van der Waals surface area (Å²) in [6, 6.07) is 0. The van der Waals surface area contributed by atoms with Crippen LogP contribution in [0.4, 0.5) is 0 Å². The van der Waals surface area contributed by atoms with Gasteiger partial charge in [0.05, 0.1) is 5.75 Å². The average Bonchev–Trinajstić information content (AvgIpc) is 3.00. The highest BCUT2D eigenvalue weighted by molar-refractivity contribution is 8.03. The number of carbonyl (C=O) groups excluding carboxylic acids is 2. The number of nitrogens with two attached hydrogens (primary N) is 1. The smallest absolute Gasteiger partial charge is 0.237 e. The molecule has 0 saturated carbocycles. The van der Waals surface area contributed by atoms with Gasteiger partial charge in [0.25, 0.3) is 0 Å². The first-order valence-electron chi connectivity index (χ1n) is 6.42. The van der Waals surface area contributed by atoms with Gasteiger partial charge in [-0.2, -0.15) is 0 Å². The lowest BCUT2D eigenvalue weighted by molar-refractivity contribution is -0.133. The summed E-state index contributed by atoms with van der Waals surface area (Å²) < 4.78 is 1.71. The van der Waals surface area contributed by atoms with Crippen molar-refractivity contribution in [1.29, 1.82) is 0 Å². The zero-order valence-corrected chi connectivity index (χ0v) is 14.0. The summed E-state index contributed by atoms with van der Waals surface area (Å²) in [4.78, 5) is 25.3. The lowest BCUT2D eigenvalue weighted by atomic mass is 9.96. The van der Waals surface area contributed by atoms with Gasteiger partial charge in [-0.3, -0.25) is 15.0 Å². The van der Waals surface area contributed by atoms with E-state index < -0.39 is 0 Å². The molecule has 2 rings (SSSR count). The molecule has 0 aromatic carbocycles. The first kappa shape index (κ1) is 16.5. The van der Waals surface area contributed by atoms with E-state index in [9.17, 15) is 9.59 Å². The molecule has 0 atom stereocenters. The van der Waals surface area contributed by atoms with Crippen LogP contribution in [-0.2, 0) is 9.59 Å². The lowest BCUT2D eigenvalue weighted by Gasteiger charge is -2.30. The molecule has 7 nitrogen and oxygen atoms in total. The summed E-state index contributed by atoms with van der Waals surface area (Å²) >= 11 is 4.45. The van der Waals surface area contributed by atoms with Gasteiger partial charge in [-0.15, -0.1) is 10.2 Å². The molecular weight excluding hydrogens is 330 g/mol. The number of carbonyl (C=O) groups is 2. The van der Waals surface area contributed by atoms with Gasteiger partial charge in [-0.05, 0) is 19.1 Å². The molecule has 21 heavy (non-hydrogen) atoms. The predicted octanol–water partition coefficient (Wildman–Crippen LogP) is 0.581. The second kappa shape index (κ2) is 7.97. The number of hydrogen-bond acceptors (Lipinski definition) is 8. The van der Waals surface area contributed by atoms with Gasteiger partial charge < -0.3 is 4.90 Å². The largest absolute Gasteiger partial charge is 0.342 e. The summed E-state index contributed by atoms with van der Waals surface area (Å²) in [6.07, 6.45) is 3.27. The monoisotopic (exact) mass is 347 g/mol.